The maximum Gasteiger partial charge on any atom is 0.343 e. The fourth-order valence-electron chi connectivity index (χ4n) is 10.6. The lowest BCUT2D eigenvalue weighted by atomic mass is 10.1. The third-order valence-electron chi connectivity index (χ3n) is 16.0. The summed E-state index contributed by atoms with van der Waals surface area (Å²) < 4.78 is 66.5. The van der Waals surface area contributed by atoms with E-state index in [-0.39, 0.29) is 49.7 Å². The molecule has 0 bridgehead atoms. The highest BCUT2D eigenvalue weighted by Crippen LogP contribution is 2.26. The molecule has 0 fully saturated rings. The highest BCUT2D eigenvalue weighted by atomic mass is 16.6. The van der Waals surface area contributed by atoms with Crippen LogP contribution in [0, 0.1) is 0 Å². The van der Waals surface area contributed by atoms with E-state index in [0.717, 1.165) is 96.3 Å². The number of unbranched alkanes of at least 4 members (excludes halogenated alkanes) is 15. The topological polar surface area (TPSA) is 276 Å². The number of hydrogen-bond acceptors (Lipinski definition) is 21. The number of hydrogen-bond donors (Lipinski definition) is 0. The van der Waals surface area contributed by atoms with E-state index in [1.807, 2.05) is 0 Å². The Bertz CT molecular complexity index is 4120. The molecule has 518 valence electrons. The number of carbonyl (C=O) groups excluding carboxylic acids is 6. The molecule has 0 aliphatic heterocycles. The first-order valence-corrected chi connectivity index (χ1v) is 33.7. The van der Waals surface area contributed by atoms with E-state index in [4.69, 9.17) is 55.9 Å². The average molecular weight is 1350 g/mol. The fraction of sp³-hybridized carbons (Fsp3) is 0.346. The third-order valence-corrected chi connectivity index (χ3v) is 16.0. The number of ether oxygens (including phenoxy) is 9. The van der Waals surface area contributed by atoms with E-state index >= 15 is 0 Å². The predicted octanol–water partition coefficient (Wildman–Crippen LogP) is 15.4. The molecule has 6 aromatic carbocycles. The van der Waals surface area contributed by atoms with E-state index in [1.165, 1.54) is 36.4 Å². The molecule has 0 radical (unpaired) electrons. The van der Waals surface area contributed by atoms with Gasteiger partial charge in [-0.3, -0.25) is 14.4 Å². The van der Waals surface area contributed by atoms with E-state index in [1.54, 1.807) is 127 Å². The van der Waals surface area contributed by atoms with Gasteiger partial charge in [0.05, 0.1) is 36.5 Å². The van der Waals surface area contributed by atoms with Crippen molar-refractivity contribution < 1.29 is 84.7 Å². The molecule has 21 heteroatoms. The van der Waals surface area contributed by atoms with Crippen LogP contribution in [0.25, 0.3) is 32.9 Å². The highest BCUT2D eigenvalue weighted by Gasteiger charge is 2.21. The minimum atomic E-state index is -0.964. The standard InChI is InChI=1S/C78H80O21/c79-70(19-13-7-1-4-10-16-46-88-60-34-25-57(26-35-60)76(85)94-63-40-22-54-31-43-73(82)97-67(54)49-63)91-52-66(93-72(81)21-15-9-3-6-12-18-48-90-62-38-29-59(30-39-62)78(87)96-65-42-24-56-33-45-75(84)99-69(56)51-65)53-92-71(80)20-14-8-2-5-11-17-47-89-61-36-27-58(28-37-61)77(86)95-64-41-23-55-32-44-74(83)98-68(55)50-64/h22-45,49-51,66H,1-21,46-48,52-53H2. The molecule has 3 heterocycles. The Balaban J connectivity index is 0.616. The van der Waals surface area contributed by atoms with E-state index in [2.05, 4.69) is 0 Å². The number of esters is 6. The number of carbonyl (C=O) groups is 6. The summed E-state index contributed by atoms with van der Waals surface area (Å²) in [5.41, 5.74) is 0.459. The average Bonchev–Trinajstić information content (AvgIpc) is 0.886. The second-order valence-corrected chi connectivity index (χ2v) is 23.7. The molecule has 99 heavy (non-hydrogen) atoms. The maximum absolute atomic E-state index is 13.1. The van der Waals surface area contributed by atoms with Gasteiger partial charge < -0.3 is 55.9 Å². The van der Waals surface area contributed by atoms with Gasteiger partial charge in [-0.15, -0.1) is 0 Å². The van der Waals surface area contributed by atoms with Crippen molar-refractivity contribution in [1.82, 2.24) is 0 Å². The van der Waals surface area contributed by atoms with Gasteiger partial charge in [-0.2, -0.15) is 0 Å². The van der Waals surface area contributed by atoms with Crippen LogP contribution in [0.4, 0.5) is 0 Å². The lowest BCUT2D eigenvalue weighted by molar-refractivity contribution is -0.167. The normalized spacial score (nSPS) is 11.1. The lowest BCUT2D eigenvalue weighted by Crippen LogP contribution is -2.30. The highest BCUT2D eigenvalue weighted by molar-refractivity contribution is 5.93. The molecular formula is C78H80O21. The second kappa shape index (κ2) is 38.8. The Hall–Kier alpha value is -10.8. The molecule has 0 spiro atoms. The van der Waals surface area contributed by atoms with E-state index in [9.17, 15) is 43.2 Å². The maximum atomic E-state index is 13.1. The molecule has 0 saturated heterocycles. The summed E-state index contributed by atoms with van der Waals surface area (Å²) in [6.07, 6.45) is 14.5. The zero-order valence-electron chi connectivity index (χ0n) is 55.1. The van der Waals surface area contributed by atoms with Crippen LogP contribution in [0.15, 0.2) is 191 Å². The Morgan fingerprint density at radius 2 is 0.556 bits per heavy atom. The van der Waals surface area contributed by atoms with Crippen molar-refractivity contribution >= 4 is 68.7 Å². The first kappa shape index (κ1) is 72.4. The molecule has 0 aliphatic carbocycles. The summed E-state index contributed by atoms with van der Waals surface area (Å²) >= 11 is 0. The van der Waals surface area contributed by atoms with Gasteiger partial charge in [-0.1, -0.05) is 77.0 Å². The smallest absolute Gasteiger partial charge is 0.343 e. The first-order chi connectivity index (χ1) is 48.2. The zero-order valence-corrected chi connectivity index (χ0v) is 55.1. The van der Waals surface area contributed by atoms with Crippen LogP contribution in [0.3, 0.4) is 0 Å². The van der Waals surface area contributed by atoms with E-state index < -0.39 is 58.8 Å². The number of fused-ring (bicyclic) bond motifs is 3. The summed E-state index contributed by atoms with van der Waals surface area (Å²) in [6, 6.07) is 43.3. The molecule has 0 saturated carbocycles. The van der Waals surface area contributed by atoms with Crippen LogP contribution >= 0.6 is 0 Å². The van der Waals surface area contributed by atoms with Crippen molar-refractivity contribution in [3.63, 3.8) is 0 Å². The van der Waals surface area contributed by atoms with Crippen LogP contribution in [0.5, 0.6) is 34.5 Å². The molecule has 0 unspecified atom stereocenters. The van der Waals surface area contributed by atoms with Crippen LogP contribution in [0.2, 0.25) is 0 Å². The molecule has 0 amide bonds. The molecule has 21 nitrogen and oxygen atoms in total. The molecule has 9 aromatic rings. The molecule has 9 rings (SSSR count). The molecule has 3 aromatic heterocycles. The molecule has 0 N–H and O–H groups in total. The van der Waals surface area contributed by atoms with Gasteiger partial charge >= 0.3 is 52.7 Å². The summed E-state index contributed by atoms with van der Waals surface area (Å²) in [7, 11) is 0. The third kappa shape index (κ3) is 25.0. The van der Waals surface area contributed by atoms with Crippen LogP contribution < -0.4 is 45.3 Å². The molecule has 0 aliphatic rings. The minimum absolute atomic E-state index is 0.151. The van der Waals surface area contributed by atoms with Gasteiger partial charge in [0.1, 0.15) is 64.5 Å². The Kier molecular flexibility index (Phi) is 28.4. The van der Waals surface area contributed by atoms with Gasteiger partial charge in [0.15, 0.2) is 6.10 Å². The van der Waals surface area contributed by atoms with Crippen molar-refractivity contribution in [3.05, 3.63) is 212 Å². The summed E-state index contributed by atoms with van der Waals surface area (Å²) in [5.74, 6) is -0.430. The fourth-order valence-corrected chi connectivity index (χ4v) is 10.6. The Morgan fingerprint density at radius 3 is 0.869 bits per heavy atom. The number of benzene rings is 6. The van der Waals surface area contributed by atoms with Crippen molar-refractivity contribution in [2.24, 2.45) is 0 Å². The Morgan fingerprint density at radius 1 is 0.293 bits per heavy atom. The quantitative estimate of drug-likeness (QED) is 0.0113. The monoisotopic (exact) mass is 1350 g/mol. The van der Waals surface area contributed by atoms with Crippen molar-refractivity contribution in [2.75, 3.05) is 33.0 Å². The van der Waals surface area contributed by atoms with Gasteiger partial charge in [-0.25, -0.2) is 28.8 Å². The van der Waals surface area contributed by atoms with Crippen LogP contribution in [-0.2, 0) is 28.6 Å². The summed E-state index contributed by atoms with van der Waals surface area (Å²) in [5, 5.41) is 2.12. The Labute approximate surface area is 571 Å². The number of rotatable bonds is 41. The van der Waals surface area contributed by atoms with Gasteiger partial charge in [0, 0.05) is 71.8 Å². The second-order valence-electron chi connectivity index (χ2n) is 23.7. The molecule has 0 atom stereocenters. The predicted molar refractivity (Wildman–Crippen MR) is 367 cm³/mol. The van der Waals surface area contributed by atoms with Gasteiger partial charge in [-0.05, 0) is 166 Å². The largest absolute Gasteiger partial charge is 0.494 e. The molecular weight excluding hydrogens is 1270 g/mol. The van der Waals surface area contributed by atoms with Crippen molar-refractivity contribution in [2.45, 2.75) is 141 Å². The summed E-state index contributed by atoms with van der Waals surface area (Å²) in [4.78, 5) is 112. The zero-order chi connectivity index (χ0) is 69.4. The summed E-state index contributed by atoms with van der Waals surface area (Å²) in [6.45, 7) is 0.978. The lowest BCUT2D eigenvalue weighted by Gasteiger charge is -2.18. The van der Waals surface area contributed by atoms with Crippen molar-refractivity contribution in [1.29, 1.82) is 0 Å². The van der Waals surface area contributed by atoms with Gasteiger partial charge in [0.2, 0.25) is 0 Å². The van der Waals surface area contributed by atoms with Crippen LogP contribution in [0.1, 0.15) is 166 Å². The van der Waals surface area contributed by atoms with Crippen LogP contribution in [-0.4, -0.2) is 75.0 Å². The van der Waals surface area contributed by atoms with Crippen molar-refractivity contribution in [3.8, 4) is 34.5 Å². The SMILES string of the molecule is O=C(CCCCCCCCOc1ccc(C(=O)Oc2ccc3ccc(=O)oc3c2)cc1)OCC(COC(=O)CCCCCCCCOc1ccc(C(=O)Oc2ccc3ccc(=O)oc3c2)cc1)OC(=O)CCCCCCCCOc1ccc(C(=O)Oc2ccc3ccc(=O)oc3c2)cc1. The van der Waals surface area contributed by atoms with Gasteiger partial charge in [0.25, 0.3) is 0 Å². The minimum Gasteiger partial charge on any atom is -0.494 e. The first-order valence-electron chi connectivity index (χ1n) is 33.7. The van der Waals surface area contributed by atoms with E-state index in [0.29, 0.717) is 106 Å².